The van der Waals surface area contributed by atoms with Gasteiger partial charge in [0.1, 0.15) is 16.4 Å². The molecular weight excluding hydrogens is 402 g/mol. The van der Waals surface area contributed by atoms with Gasteiger partial charge in [-0.25, -0.2) is 8.42 Å². The third kappa shape index (κ3) is 5.07. The van der Waals surface area contributed by atoms with E-state index in [2.05, 4.69) is 4.72 Å². The molecule has 7 heteroatoms. The van der Waals surface area contributed by atoms with Crippen LogP contribution in [0.2, 0.25) is 0 Å². The molecule has 0 saturated heterocycles. The molecule has 0 fully saturated rings. The zero-order valence-electron chi connectivity index (χ0n) is 16.5. The number of rotatable bonds is 8. The average molecular weight is 423 g/mol. The van der Waals surface area contributed by atoms with Crippen LogP contribution in [-0.2, 0) is 10.0 Å². The molecule has 0 aliphatic heterocycles. The minimum atomic E-state index is -3.92. The Kier molecular flexibility index (Phi) is 6.54. The molecule has 0 aromatic heterocycles. The Bertz CT molecular complexity index is 1150. The molecule has 0 atom stereocenters. The van der Waals surface area contributed by atoms with E-state index in [9.17, 15) is 13.2 Å². The largest absolute Gasteiger partial charge is 0.497 e. The van der Waals surface area contributed by atoms with E-state index in [0.29, 0.717) is 22.6 Å². The highest BCUT2D eigenvalue weighted by molar-refractivity contribution is 7.92. The van der Waals surface area contributed by atoms with Crippen LogP contribution in [0.5, 0.6) is 11.5 Å². The second-order valence-electron chi connectivity index (χ2n) is 6.31. The van der Waals surface area contributed by atoms with Gasteiger partial charge in [-0.1, -0.05) is 42.5 Å². The quantitative estimate of drug-likeness (QED) is 0.429. The average Bonchev–Trinajstić information content (AvgIpc) is 2.78. The molecule has 3 rings (SSSR count). The summed E-state index contributed by atoms with van der Waals surface area (Å²) in [5, 5.41) is 0. The summed E-state index contributed by atoms with van der Waals surface area (Å²) in [6.07, 6.45) is 2.98. The van der Waals surface area contributed by atoms with Crippen molar-refractivity contribution in [3.05, 3.63) is 90.0 Å². The van der Waals surface area contributed by atoms with Crippen molar-refractivity contribution in [2.75, 3.05) is 18.9 Å². The molecule has 1 N–H and O–H groups in total. The molecule has 0 aliphatic carbocycles. The van der Waals surface area contributed by atoms with Crippen molar-refractivity contribution in [3.63, 3.8) is 0 Å². The normalized spacial score (nSPS) is 11.3. The summed E-state index contributed by atoms with van der Waals surface area (Å²) in [6.45, 7) is 0. The zero-order valence-corrected chi connectivity index (χ0v) is 17.3. The highest BCUT2D eigenvalue weighted by Crippen LogP contribution is 2.28. The maximum Gasteiger partial charge on any atom is 0.265 e. The molecule has 0 heterocycles. The SMILES string of the molecule is COc1ccc(NS(=O)(=O)c2cc(/C=C/C(=O)c3ccccc3)ccc2OC)cc1. The Hall–Kier alpha value is -3.58. The maximum atomic E-state index is 12.9. The lowest BCUT2D eigenvalue weighted by Crippen LogP contribution is -2.14. The summed E-state index contributed by atoms with van der Waals surface area (Å²) in [7, 11) is -0.991. The number of carbonyl (C=O) groups is 1. The minimum Gasteiger partial charge on any atom is -0.497 e. The van der Waals surface area contributed by atoms with Crippen LogP contribution in [0.1, 0.15) is 15.9 Å². The summed E-state index contributed by atoms with van der Waals surface area (Å²) in [5.41, 5.74) is 1.49. The van der Waals surface area contributed by atoms with Crippen LogP contribution < -0.4 is 14.2 Å². The number of carbonyl (C=O) groups excluding carboxylic acids is 1. The Morgan fingerprint density at radius 2 is 1.60 bits per heavy atom. The number of sulfonamides is 1. The molecule has 0 aliphatic rings. The highest BCUT2D eigenvalue weighted by Gasteiger charge is 2.20. The molecule has 0 amide bonds. The lowest BCUT2D eigenvalue weighted by molar-refractivity contribution is 0.104. The number of benzene rings is 3. The van der Waals surface area contributed by atoms with Gasteiger partial charge in [0, 0.05) is 11.3 Å². The summed E-state index contributed by atoms with van der Waals surface area (Å²) in [4.78, 5) is 12.2. The van der Waals surface area contributed by atoms with E-state index in [1.807, 2.05) is 6.07 Å². The first-order valence-corrected chi connectivity index (χ1v) is 10.5. The van der Waals surface area contributed by atoms with Gasteiger partial charge in [0.05, 0.1) is 14.2 Å². The third-order valence-electron chi connectivity index (χ3n) is 4.30. The molecule has 3 aromatic rings. The van der Waals surface area contributed by atoms with E-state index in [1.165, 1.54) is 26.4 Å². The van der Waals surface area contributed by atoms with Crippen molar-refractivity contribution >= 4 is 27.6 Å². The predicted molar refractivity (Wildman–Crippen MR) is 117 cm³/mol. The predicted octanol–water partition coefficient (Wildman–Crippen LogP) is 4.40. The Balaban J connectivity index is 1.87. The summed E-state index contributed by atoms with van der Waals surface area (Å²) in [6, 6.07) is 20.0. The van der Waals surface area contributed by atoms with Crippen LogP contribution in [0.25, 0.3) is 6.08 Å². The van der Waals surface area contributed by atoms with Gasteiger partial charge in [0.2, 0.25) is 0 Å². The number of anilines is 1. The molecular formula is C23H21NO5S. The van der Waals surface area contributed by atoms with Crippen molar-refractivity contribution in [1.29, 1.82) is 0 Å². The topological polar surface area (TPSA) is 81.7 Å². The lowest BCUT2D eigenvalue weighted by Gasteiger charge is -2.12. The Morgan fingerprint density at radius 1 is 0.900 bits per heavy atom. The van der Waals surface area contributed by atoms with E-state index in [1.54, 1.807) is 66.7 Å². The number of nitrogens with one attached hydrogen (secondary N) is 1. The standard InChI is InChI=1S/C23H21NO5S/c1-28-20-12-10-19(11-13-20)24-30(26,27)23-16-17(9-15-22(23)29-2)8-14-21(25)18-6-4-3-5-7-18/h3-16,24H,1-2H3/b14-8+. The maximum absolute atomic E-state index is 12.9. The van der Waals surface area contributed by atoms with Gasteiger partial charge in [0.25, 0.3) is 10.0 Å². The fourth-order valence-corrected chi connectivity index (χ4v) is 4.01. The van der Waals surface area contributed by atoms with Gasteiger partial charge in [-0.3, -0.25) is 9.52 Å². The van der Waals surface area contributed by atoms with Crippen molar-refractivity contribution in [3.8, 4) is 11.5 Å². The van der Waals surface area contributed by atoms with Crippen molar-refractivity contribution in [2.45, 2.75) is 4.90 Å². The van der Waals surface area contributed by atoms with Gasteiger partial charge in [-0.2, -0.15) is 0 Å². The Labute approximate surface area is 175 Å². The van der Waals surface area contributed by atoms with E-state index in [4.69, 9.17) is 9.47 Å². The van der Waals surface area contributed by atoms with E-state index in [0.717, 1.165) is 0 Å². The summed E-state index contributed by atoms with van der Waals surface area (Å²) >= 11 is 0. The fourth-order valence-electron chi connectivity index (χ4n) is 2.75. The molecule has 0 spiro atoms. The lowest BCUT2D eigenvalue weighted by atomic mass is 10.1. The number of methoxy groups -OCH3 is 2. The number of ether oxygens (including phenoxy) is 2. The van der Waals surface area contributed by atoms with Crippen LogP contribution in [0, 0.1) is 0 Å². The monoisotopic (exact) mass is 423 g/mol. The first-order chi connectivity index (χ1) is 14.4. The van der Waals surface area contributed by atoms with Crippen LogP contribution in [0.3, 0.4) is 0 Å². The van der Waals surface area contributed by atoms with Gasteiger partial charge in [0.15, 0.2) is 5.78 Å². The third-order valence-corrected chi connectivity index (χ3v) is 5.71. The van der Waals surface area contributed by atoms with Crippen LogP contribution in [-0.4, -0.2) is 28.4 Å². The molecule has 0 bridgehead atoms. The number of ketones is 1. The first-order valence-electron chi connectivity index (χ1n) is 9.05. The van der Waals surface area contributed by atoms with Crippen molar-refractivity contribution in [1.82, 2.24) is 0 Å². The highest BCUT2D eigenvalue weighted by atomic mass is 32.2. The van der Waals surface area contributed by atoms with Gasteiger partial charge < -0.3 is 9.47 Å². The van der Waals surface area contributed by atoms with E-state index >= 15 is 0 Å². The van der Waals surface area contributed by atoms with Gasteiger partial charge in [-0.15, -0.1) is 0 Å². The molecule has 154 valence electrons. The molecule has 6 nitrogen and oxygen atoms in total. The minimum absolute atomic E-state index is 0.0323. The second kappa shape index (κ2) is 9.28. The Morgan fingerprint density at radius 3 is 2.23 bits per heavy atom. The molecule has 0 saturated carbocycles. The second-order valence-corrected chi connectivity index (χ2v) is 7.96. The smallest absolute Gasteiger partial charge is 0.265 e. The number of hydrogen-bond acceptors (Lipinski definition) is 5. The van der Waals surface area contributed by atoms with E-state index < -0.39 is 10.0 Å². The van der Waals surface area contributed by atoms with Crippen LogP contribution in [0.15, 0.2) is 83.8 Å². The van der Waals surface area contributed by atoms with Crippen molar-refractivity contribution in [2.24, 2.45) is 0 Å². The van der Waals surface area contributed by atoms with Crippen LogP contribution >= 0.6 is 0 Å². The van der Waals surface area contributed by atoms with Crippen molar-refractivity contribution < 1.29 is 22.7 Å². The number of hydrogen-bond donors (Lipinski definition) is 1. The zero-order chi connectivity index (χ0) is 21.6. The first kappa shape index (κ1) is 21.1. The summed E-state index contributed by atoms with van der Waals surface area (Å²) in [5.74, 6) is 0.639. The van der Waals surface area contributed by atoms with Gasteiger partial charge in [-0.05, 0) is 48.0 Å². The molecule has 0 unspecified atom stereocenters. The van der Waals surface area contributed by atoms with Crippen LogP contribution in [0.4, 0.5) is 5.69 Å². The molecule has 3 aromatic carbocycles. The summed E-state index contributed by atoms with van der Waals surface area (Å²) < 4.78 is 38.7. The van der Waals surface area contributed by atoms with E-state index in [-0.39, 0.29) is 16.4 Å². The molecule has 30 heavy (non-hydrogen) atoms. The fraction of sp³-hybridized carbons (Fsp3) is 0.0870. The molecule has 0 radical (unpaired) electrons. The number of allylic oxidation sites excluding steroid dienone is 1. The van der Waals surface area contributed by atoms with Gasteiger partial charge >= 0.3 is 0 Å².